The molecule has 1 heterocycles. The standard InChI is InChI=1S/C39H34N4O3S/c1-3-43-35-16-10-9-15-32(35)33-24-30(19-22-36(33)43)40-37(44)25-47-31-20-17-29(18-21-31)41-39(46)34(23-28-14-8-7-11-26(28)2)42-38(45)27-12-5-4-6-13-27/h4-24H,3,25H2,1-2H3,(H,40,44)(H,41,46)(H,42,45)/b34-23-. The van der Waals surface area contributed by atoms with Gasteiger partial charge in [0.2, 0.25) is 5.91 Å². The van der Waals surface area contributed by atoms with Crippen LogP contribution in [0.5, 0.6) is 0 Å². The number of fused-ring (bicyclic) bond motifs is 3. The van der Waals surface area contributed by atoms with Crippen molar-refractivity contribution in [3.05, 3.63) is 144 Å². The molecule has 6 rings (SSSR count). The number of hydrogen-bond donors (Lipinski definition) is 3. The van der Waals surface area contributed by atoms with E-state index in [4.69, 9.17) is 0 Å². The number of para-hydroxylation sites is 1. The van der Waals surface area contributed by atoms with Crippen LogP contribution in [0.3, 0.4) is 0 Å². The Labute approximate surface area is 277 Å². The number of rotatable bonds is 10. The van der Waals surface area contributed by atoms with E-state index in [-0.39, 0.29) is 23.3 Å². The molecule has 6 aromatic rings. The number of aryl methyl sites for hydroxylation is 2. The lowest BCUT2D eigenvalue weighted by Gasteiger charge is -2.12. The number of amides is 3. The average Bonchev–Trinajstić information content (AvgIpc) is 3.41. The van der Waals surface area contributed by atoms with E-state index in [1.54, 1.807) is 42.5 Å². The molecule has 0 saturated heterocycles. The third kappa shape index (κ3) is 7.29. The summed E-state index contributed by atoms with van der Waals surface area (Å²) in [7, 11) is 0. The molecule has 47 heavy (non-hydrogen) atoms. The minimum absolute atomic E-state index is 0.105. The highest BCUT2D eigenvalue weighted by Crippen LogP contribution is 2.31. The van der Waals surface area contributed by atoms with Gasteiger partial charge in [0.1, 0.15) is 5.70 Å². The molecular weight excluding hydrogens is 605 g/mol. The van der Waals surface area contributed by atoms with Crippen molar-refractivity contribution in [1.29, 1.82) is 0 Å². The molecule has 3 N–H and O–H groups in total. The Morgan fingerprint density at radius 1 is 0.723 bits per heavy atom. The number of anilines is 2. The average molecular weight is 639 g/mol. The smallest absolute Gasteiger partial charge is 0.272 e. The maximum atomic E-state index is 13.4. The second kappa shape index (κ2) is 14.2. The number of carbonyl (C=O) groups excluding carboxylic acids is 3. The largest absolute Gasteiger partial charge is 0.341 e. The highest BCUT2D eigenvalue weighted by Gasteiger charge is 2.16. The molecule has 0 atom stereocenters. The molecule has 0 aliphatic heterocycles. The maximum Gasteiger partial charge on any atom is 0.272 e. The summed E-state index contributed by atoms with van der Waals surface area (Å²) in [5, 5.41) is 11.0. The number of thioether (sulfide) groups is 1. The van der Waals surface area contributed by atoms with Crippen LogP contribution in [0.25, 0.3) is 27.9 Å². The van der Waals surface area contributed by atoms with Crippen LogP contribution in [0, 0.1) is 6.92 Å². The first kappa shape index (κ1) is 31.4. The van der Waals surface area contributed by atoms with E-state index >= 15 is 0 Å². The number of benzene rings is 5. The molecule has 234 valence electrons. The van der Waals surface area contributed by atoms with Crippen molar-refractivity contribution >= 4 is 68.7 Å². The van der Waals surface area contributed by atoms with E-state index in [0.717, 1.165) is 39.2 Å². The summed E-state index contributed by atoms with van der Waals surface area (Å²) < 4.78 is 2.28. The van der Waals surface area contributed by atoms with Gasteiger partial charge in [-0.25, -0.2) is 0 Å². The van der Waals surface area contributed by atoms with Crippen molar-refractivity contribution in [3.8, 4) is 0 Å². The fourth-order valence-electron chi connectivity index (χ4n) is 5.50. The van der Waals surface area contributed by atoms with Gasteiger partial charge >= 0.3 is 0 Å². The quantitative estimate of drug-likeness (QED) is 0.104. The van der Waals surface area contributed by atoms with Crippen LogP contribution in [0.4, 0.5) is 11.4 Å². The minimum Gasteiger partial charge on any atom is -0.341 e. The summed E-state index contributed by atoms with van der Waals surface area (Å²) in [5.74, 6) is -0.698. The lowest BCUT2D eigenvalue weighted by molar-refractivity contribution is -0.114. The first-order valence-electron chi connectivity index (χ1n) is 15.4. The third-order valence-corrected chi connectivity index (χ3v) is 8.88. The normalized spacial score (nSPS) is 11.4. The second-order valence-electron chi connectivity index (χ2n) is 11.0. The summed E-state index contributed by atoms with van der Waals surface area (Å²) in [6, 6.07) is 38.0. The molecule has 0 spiro atoms. The first-order valence-corrected chi connectivity index (χ1v) is 16.4. The van der Waals surface area contributed by atoms with Crippen LogP contribution in [0.2, 0.25) is 0 Å². The molecule has 0 radical (unpaired) electrons. The van der Waals surface area contributed by atoms with Crippen molar-refractivity contribution in [1.82, 2.24) is 9.88 Å². The predicted octanol–water partition coefficient (Wildman–Crippen LogP) is 8.26. The zero-order valence-electron chi connectivity index (χ0n) is 26.1. The lowest BCUT2D eigenvalue weighted by Crippen LogP contribution is -2.30. The molecule has 7 nitrogen and oxygen atoms in total. The summed E-state index contributed by atoms with van der Waals surface area (Å²) in [4.78, 5) is 40.1. The molecule has 8 heteroatoms. The monoisotopic (exact) mass is 638 g/mol. The molecule has 0 aliphatic rings. The van der Waals surface area contributed by atoms with Gasteiger partial charge in [-0.1, -0.05) is 60.7 Å². The van der Waals surface area contributed by atoms with Crippen molar-refractivity contribution in [2.45, 2.75) is 25.3 Å². The minimum atomic E-state index is -0.448. The lowest BCUT2D eigenvalue weighted by atomic mass is 10.1. The summed E-state index contributed by atoms with van der Waals surface area (Å²) in [5.41, 5.74) is 6.02. The Morgan fingerprint density at radius 2 is 1.40 bits per heavy atom. The van der Waals surface area contributed by atoms with Gasteiger partial charge in [-0.15, -0.1) is 11.8 Å². The van der Waals surface area contributed by atoms with Gasteiger partial charge in [-0.05, 0) is 91.7 Å². The van der Waals surface area contributed by atoms with Crippen LogP contribution in [0.1, 0.15) is 28.4 Å². The second-order valence-corrected chi connectivity index (χ2v) is 12.1. The Hall–Kier alpha value is -5.60. The highest BCUT2D eigenvalue weighted by atomic mass is 32.2. The SMILES string of the molecule is CCn1c2ccccc2c2cc(NC(=O)CSc3ccc(NC(=O)/C(=C/c4ccccc4C)NC(=O)c4ccccc4)cc3)ccc21. The molecular formula is C39H34N4O3S. The molecule has 0 aliphatic carbocycles. The van der Waals surface area contributed by atoms with Gasteiger partial charge in [-0.2, -0.15) is 0 Å². The number of nitrogens with one attached hydrogen (secondary N) is 3. The molecule has 0 unspecified atom stereocenters. The number of carbonyl (C=O) groups is 3. The van der Waals surface area contributed by atoms with Crippen LogP contribution >= 0.6 is 11.8 Å². The van der Waals surface area contributed by atoms with E-state index in [0.29, 0.717) is 11.3 Å². The molecule has 3 amide bonds. The van der Waals surface area contributed by atoms with Gasteiger partial charge in [0.15, 0.2) is 0 Å². The predicted molar refractivity (Wildman–Crippen MR) is 193 cm³/mol. The van der Waals surface area contributed by atoms with Crippen molar-refractivity contribution in [3.63, 3.8) is 0 Å². The van der Waals surface area contributed by atoms with Crippen LogP contribution in [-0.4, -0.2) is 28.0 Å². The molecule has 0 bridgehead atoms. The van der Waals surface area contributed by atoms with Crippen molar-refractivity contribution in [2.24, 2.45) is 0 Å². The summed E-state index contributed by atoms with van der Waals surface area (Å²) >= 11 is 1.41. The van der Waals surface area contributed by atoms with E-state index in [2.05, 4.69) is 45.6 Å². The van der Waals surface area contributed by atoms with E-state index in [1.165, 1.54) is 22.7 Å². The Balaban J connectivity index is 1.09. The van der Waals surface area contributed by atoms with Crippen LogP contribution < -0.4 is 16.0 Å². The van der Waals surface area contributed by atoms with E-state index in [9.17, 15) is 14.4 Å². The fourth-order valence-corrected chi connectivity index (χ4v) is 6.20. The van der Waals surface area contributed by atoms with Gasteiger partial charge < -0.3 is 20.5 Å². The Kier molecular flexibility index (Phi) is 9.50. The summed E-state index contributed by atoms with van der Waals surface area (Å²) in [6.07, 6.45) is 1.67. The molecule has 0 saturated carbocycles. The van der Waals surface area contributed by atoms with E-state index in [1.807, 2.05) is 73.7 Å². The molecule has 1 aromatic heterocycles. The fraction of sp³-hybridized carbons (Fsp3) is 0.103. The van der Waals surface area contributed by atoms with Gasteiger partial charge in [-0.3, -0.25) is 14.4 Å². The maximum absolute atomic E-state index is 13.4. The van der Waals surface area contributed by atoms with Crippen LogP contribution in [-0.2, 0) is 16.1 Å². The van der Waals surface area contributed by atoms with Gasteiger partial charge in [0, 0.05) is 50.2 Å². The number of hydrogen-bond acceptors (Lipinski definition) is 4. The number of aromatic nitrogens is 1. The third-order valence-electron chi connectivity index (χ3n) is 7.87. The number of nitrogens with zero attached hydrogens (tertiary/aromatic N) is 1. The molecule has 5 aromatic carbocycles. The van der Waals surface area contributed by atoms with Gasteiger partial charge in [0.25, 0.3) is 11.8 Å². The topological polar surface area (TPSA) is 92.2 Å². The van der Waals surface area contributed by atoms with Crippen molar-refractivity contribution in [2.75, 3.05) is 16.4 Å². The zero-order valence-corrected chi connectivity index (χ0v) is 26.9. The van der Waals surface area contributed by atoms with Crippen molar-refractivity contribution < 1.29 is 14.4 Å². The summed E-state index contributed by atoms with van der Waals surface area (Å²) in [6.45, 7) is 4.94. The highest BCUT2D eigenvalue weighted by molar-refractivity contribution is 8.00. The Bertz CT molecular complexity index is 2120. The first-order chi connectivity index (χ1) is 22.9. The zero-order chi connectivity index (χ0) is 32.8. The van der Waals surface area contributed by atoms with E-state index < -0.39 is 5.91 Å². The van der Waals surface area contributed by atoms with Gasteiger partial charge in [0.05, 0.1) is 5.75 Å². The Morgan fingerprint density at radius 3 is 2.17 bits per heavy atom. The molecule has 0 fully saturated rings. The van der Waals surface area contributed by atoms with Crippen LogP contribution in [0.15, 0.2) is 132 Å².